The molecule has 0 aliphatic heterocycles. The molecule has 0 amide bonds. The van der Waals surface area contributed by atoms with Crippen molar-refractivity contribution in [3.63, 3.8) is 0 Å². The van der Waals surface area contributed by atoms with Crippen LogP contribution in [0.4, 0.5) is 0 Å². The number of ether oxygens (including phenoxy) is 3. The lowest BCUT2D eigenvalue weighted by atomic mass is 9.90. The third-order valence-corrected chi connectivity index (χ3v) is 6.23. The van der Waals surface area contributed by atoms with Gasteiger partial charge in [-0.3, -0.25) is 4.79 Å². The van der Waals surface area contributed by atoms with Crippen molar-refractivity contribution in [1.29, 1.82) is 0 Å². The summed E-state index contributed by atoms with van der Waals surface area (Å²) in [5, 5.41) is 0. The first-order chi connectivity index (χ1) is 12.1. The normalized spacial score (nSPS) is 36.2. The lowest BCUT2D eigenvalue weighted by Gasteiger charge is -2.18. The van der Waals surface area contributed by atoms with Gasteiger partial charge in [0.2, 0.25) is 0 Å². The van der Waals surface area contributed by atoms with E-state index in [2.05, 4.69) is 31.2 Å². The zero-order valence-corrected chi connectivity index (χ0v) is 15.1. The molecule has 0 bridgehead atoms. The minimum Gasteiger partial charge on any atom is -0.497 e. The zero-order chi connectivity index (χ0) is 17.8. The molecule has 1 aromatic carbocycles. The van der Waals surface area contributed by atoms with Crippen LogP contribution < -0.4 is 4.74 Å². The van der Waals surface area contributed by atoms with Crippen LogP contribution in [0.15, 0.2) is 36.4 Å². The van der Waals surface area contributed by atoms with Gasteiger partial charge in [-0.05, 0) is 41.2 Å². The van der Waals surface area contributed by atoms with Crippen LogP contribution in [0.2, 0.25) is 0 Å². The molecular formula is C21H24O4. The van der Waals surface area contributed by atoms with Crippen molar-refractivity contribution in [2.24, 2.45) is 23.2 Å². The van der Waals surface area contributed by atoms with Crippen molar-refractivity contribution in [3.05, 3.63) is 47.6 Å². The number of hydrogen-bond acceptors (Lipinski definition) is 4. The number of benzene rings is 1. The Morgan fingerprint density at radius 1 is 1.28 bits per heavy atom. The molecule has 1 fully saturated rings. The number of allylic oxidation sites excluding steroid dienone is 2. The molecule has 0 heterocycles. The van der Waals surface area contributed by atoms with Gasteiger partial charge in [0.05, 0.1) is 25.7 Å². The quantitative estimate of drug-likeness (QED) is 0.618. The molecule has 3 aliphatic rings. The van der Waals surface area contributed by atoms with Crippen LogP contribution in [0, 0.1) is 23.2 Å². The molecule has 1 saturated carbocycles. The molecular weight excluding hydrogens is 316 g/mol. The largest absolute Gasteiger partial charge is 0.497 e. The van der Waals surface area contributed by atoms with Gasteiger partial charge in [-0.15, -0.1) is 0 Å². The first kappa shape index (κ1) is 16.4. The molecule has 0 spiro atoms. The van der Waals surface area contributed by atoms with Crippen LogP contribution in [-0.4, -0.2) is 27.3 Å². The predicted molar refractivity (Wildman–Crippen MR) is 95.1 cm³/mol. The number of rotatable bonds is 4. The van der Waals surface area contributed by atoms with Crippen LogP contribution in [0.1, 0.15) is 30.6 Å². The first-order valence-corrected chi connectivity index (χ1v) is 8.77. The standard InChI is InChI=1S/C21H24O4/c1-12-16(11-21(20(22)25-4)17-6-5-7-18(17)21)14-9-8-13(23-2)10-15(14)19(12)24-3/h5-6,8-12,17-19H,7H2,1-4H3/t12-,17-,18+,19+,21+/m1/s1. The summed E-state index contributed by atoms with van der Waals surface area (Å²) in [5.41, 5.74) is 2.95. The highest BCUT2D eigenvalue weighted by molar-refractivity contribution is 5.89. The average molecular weight is 340 g/mol. The number of carbonyl (C=O) groups is 1. The molecule has 4 nitrogen and oxygen atoms in total. The highest BCUT2D eigenvalue weighted by Gasteiger charge is 2.69. The maximum Gasteiger partial charge on any atom is 0.316 e. The summed E-state index contributed by atoms with van der Waals surface area (Å²) in [6.07, 6.45) is 7.43. The second-order valence-corrected chi connectivity index (χ2v) is 7.22. The van der Waals surface area contributed by atoms with Gasteiger partial charge in [0, 0.05) is 18.9 Å². The van der Waals surface area contributed by atoms with Crippen molar-refractivity contribution in [3.8, 4) is 5.75 Å². The van der Waals surface area contributed by atoms with E-state index >= 15 is 0 Å². The van der Waals surface area contributed by atoms with E-state index in [-0.39, 0.29) is 23.9 Å². The topological polar surface area (TPSA) is 44.8 Å². The Morgan fingerprint density at radius 2 is 2.08 bits per heavy atom. The average Bonchev–Trinajstić information content (AvgIpc) is 2.94. The van der Waals surface area contributed by atoms with Crippen molar-refractivity contribution >= 4 is 11.5 Å². The molecule has 132 valence electrons. The number of carbonyl (C=O) groups excluding carboxylic acids is 1. The fourth-order valence-electron chi connectivity index (χ4n) is 4.89. The minimum atomic E-state index is -0.507. The van der Waals surface area contributed by atoms with E-state index in [0.717, 1.165) is 23.3 Å². The van der Waals surface area contributed by atoms with E-state index in [1.54, 1.807) is 14.2 Å². The molecule has 0 radical (unpaired) electrons. The number of methoxy groups -OCH3 is 3. The molecule has 0 N–H and O–H groups in total. The van der Waals surface area contributed by atoms with Gasteiger partial charge in [-0.2, -0.15) is 0 Å². The van der Waals surface area contributed by atoms with Gasteiger partial charge in [-0.1, -0.05) is 31.2 Å². The summed E-state index contributed by atoms with van der Waals surface area (Å²) in [7, 11) is 4.88. The van der Waals surface area contributed by atoms with Crippen LogP contribution in [0.5, 0.6) is 5.75 Å². The molecule has 0 aromatic heterocycles. The maximum atomic E-state index is 12.6. The van der Waals surface area contributed by atoms with E-state index in [1.807, 2.05) is 12.1 Å². The summed E-state index contributed by atoms with van der Waals surface area (Å²) in [4.78, 5) is 12.6. The predicted octanol–water partition coefficient (Wildman–Crippen LogP) is 3.78. The Labute approximate surface area is 148 Å². The van der Waals surface area contributed by atoms with Gasteiger partial charge in [0.25, 0.3) is 0 Å². The molecule has 25 heavy (non-hydrogen) atoms. The Kier molecular flexibility index (Phi) is 3.76. The zero-order valence-electron chi connectivity index (χ0n) is 15.1. The molecule has 3 aliphatic carbocycles. The second kappa shape index (κ2) is 5.73. The van der Waals surface area contributed by atoms with Crippen molar-refractivity contribution in [2.45, 2.75) is 19.4 Å². The number of hydrogen-bond donors (Lipinski definition) is 0. The lowest BCUT2D eigenvalue weighted by Crippen LogP contribution is -2.21. The minimum absolute atomic E-state index is 0.0276. The monoisotopic (exact) mass is 340 g/mol. The van der Waals surface area contributed by atoms with Crippen LogP contribution >= 0.6 is 0 Å². The fourth-order valence-corrected chi connectivity index (χ4v) is 4.89. The summed E-state index contributed by atoms with van der Waals surface area (Å²) < 4.78 is 16.3. The molecule has 0 saturated heterocycles. The van der Waals surface area contributed by atoms with Gasteiger partial charge in [0.1, 0.15) is 5.75 Å². The number of fused-ring (bicyclic) bond motifs is 2. The number of esters is 1. The smallest absolute Gasteiger partial charge is 0.316 e. The Bertz CT molecular complexity index is 778. The Hall–Kier alpha value is -2.07. The molecule has 0 unspecified atom stereocenters. The fraction of sp³-hybridized carbons (Fsp3) is 0.476. The van der Waals surface area contributed by atoms with E-state index in [4.69, 9.17) is 14.2 Å². The SMILES string of the molecule is COC(=O)[C@@]1(C=C2c3ccc(OC)cc3[C@@H](OC)[C@@H]2C)[C@@H]2C=CC[C@@H]21. The van der Waals surface area contributed by atoms with Crippen molar-refractivity contribution in [1.82, 2.24) is 0 Å². The van der Waals surface area contributed by atoms with E-state index in [1.165, 1.54) is 12.7 Å². The van der Waals surface area contributed by atoms with Gasteiger partial charge >= 0.3 is 5.97 Å². The van der Waals surface area contributed by atoms with Crippen LogP contribution in [0.3, 0.4) is 0 Å². The van der Waals surface area contributed by atoms with Gasteiger partial charge < -0.3 is 14.2 Å². The van der Waals surface area contributed by atoms with E-state index in [9.17, 15) is 4.79 Å². The molecule has 4 heteroatoms. The van der Waals surface area contributed by atoms with Gasteiger partial charge in [-0.25, -0.2) is 0 Å². The van der Waals surface area contributed by atoms with Crippen molar-refractivity contribution < 1.29 is 19.0 Å². The Balaban J connectivity index is 1.82. The molecule has 4 rings (SSSR count). The van der Waals surface area contributed by atoms with Crippen LogP contribution in [0.25, 0.3) is 5.57 Å². The van der Waals surface area contributed by atoms with Crippen LogP contribution in [-0.2, 0) is 14.3 Å². The first-order valence-electron chi connectivity index (χ1n) is 8.77. The third kappa shape index (κ3) is 2.13. The van der Waals surface area contributed by atoms with Crippen molar-refractivity contribution in [2.75, 3.05) is 21.3 Å². The highest BCUT2D eigenvalue weighted by atomic mass is 16.5. The van der Waals surface area contributed by atoms with E-state index < -0.39 is 5.41 Å². The summed E-state index contributed by atoms with van der Waals surface area (Å²) in [6.45, 7) is 2.16. The second-order valence-electron chi connectivity index (χ2n) is 7.22. The summed E-state index contributed by atoms with van der Waals surface area (Å²) in [5.74, 6) is 1.48. The molecule has 5 atom stereocenters. The maximum absolute atomic E-state index is 12.6. The van der Waals surface area contributed by atoms with E-state index in [0.29, 0.717) is 5.92 Å². The summed E-state index contributed by atoms with van der Waals surface area (Å²) in [6, 6.07) is 6.09. The Morgan fingerprint density at radius 3 is 2.68 bits per heavy atom. The lowest BCUT2D eigenvalue weighted by molar-refractivity contribution is -0.146. The molecule has 1 aromatic rings. The highest BCUT2D eigenvalue weighted by Crippen LogP contribution is 2.67. The van der Waals surface area contributed by atoms with Gasteiger partial charge in [0.15, 0.2) is 0 Å². The third-order valence-electron chi connectivity index (χ3n) is 6.23. The summed E-state index contributed by atoms with van der Waals surface area (Å²) >= 11 is 0.